The lowest BCUT2D eigenvalue weighted by molar-refractivity contribution is 0.111. The fraction of sp³-hybridized carbons (Fsp3) is 0.0909. The van der Waals surface area contributed by atoms with Crippen LogP contribution in [0.5, 0.6) is 5.75 Å². The average Bonchev–Trinajstić information content (AvgIpc) is 2.78. The van der Waals surface area contributed by atoms with Crippen molar-refractivity contribution in [3.63, 3.8) is 0 Å². The Balaban J connectivity index is 2.39. The molecule has 0 saturated carbocycles. The summed E-state index contributed by atoms with van der Waals surface area (Å²) in [5.74, 6) is 0.772. The summed E-state index contributed by atoms with van der Waals surface area (Å²) in [5.41, 5.74) is 1.33. The van der Waals surface area contributed by atoms with Crippen molar-refractivity contribution < 1.29 is 9.53 Å². The van der Waals surface area contributed by atoms with Gasteiger partial charge in [-0.25, -0.2) is 4.98 Å². The second-order valence-electron chi connectivity index (χ2n) is 3.03. The molecule has 0 saturated heterocycles. The van der Waals surface area contributed by atoms with E-state index < -0.39 is 0 Å². The minimum Gasteiger partial charge on any atom is -0.497 e. The second-order valence-corrected chi connectivity index (χ2v) is 3.03. The standard InChI is InChI=1S/C11H10N2O2/c1-15-11-4-2-3-10(5-11)13-6-9(7-14)12-8-13/h2-8H,1H3. The van der Waals surface area contributed by atoms with Gasteiger partial charge in [-0.05, 0) is 12.1 Å². The van der Waals surface area contributed by atoms with Crippen molar-refractivity contribution in [1.82, 2.24) is 9.55 Å². The number of carbonyl (C=O) groups excluding carboxylic acids is 1. The largest absolute Gasteiger partial charge is 0.497 e. The molecule has 0 N–H and O–H groups in total. The highest BCUT2D eigenvalue weighted by Crippen LogP contribution is 2.16. The molecule has 0 bridgehead atoms. The number of rotatable bonds is 3. The average molecular weight is 202 g/mol. The van der Waals surface area contributed by atoms with Crippen LogP contribution in [-0.2, 0) is 0 Å². The van der Waals surface area contributed by atoms with Gasteiger partial charge in [0.05, 0.1) is 12.8 Å². The molecule has 0 atom stereocenters. The second kappa shape index (κ2) is 3.96. The Kier molecular flexibility index (Phi) is 2.49. The van der Waals surface area contributed by atoms with Gasteiger partial charge in [0, 0.05) is 12.3 Å². The zero-order chi connectivity index (χ0) is 10.7. The van der Waals surface area contributed by atoms with E-state index in [0.29, 0.717) is 5.69 Å². The van der Waals surface area contributed by atoms with E-state index >= 15 is 0 Å². The molecule has 1 aromatic carbocycles. The molecule has 0 amide bonds. The number of hydrogen-bond donors (Lipinski definition) is 0. The zero-order valence-electron chi connectivity index (χ0n) is 8.25. The van der Waals surface area contributed by atoms with E-state index in [2.05, 4.69) is 4.98 Å². The van der Waals surface area contributed by atoms with Gasteiger partial charge in [-0.3, -0.25) is 4.79 Å². The third-order valence-electron chi connectivity index (χ3n) is 2.07. The Hall–Kier alpha value is -2.10. The number of nitrogens with zero attached hydrogens (tertiary/aromatic N) is 2. The van der Waals surface area contributed by atoms with Gasteiger partial charge in [-0.2, -0.15) is 0 Å². The van der Waals surface area contributed by atoms with E-state index in [1.807, 2.05) is 24.3 Å². The van der Waals surface area contributed by atoms with Gasteiger partial charge in [-0.15, -0.1) is 0 Å². The first kappa shape index (κ1) is 9.45. The highest BCUT2D eigenvalue weighted by Gasteiger charge is 2.00. The third kappa shape index (κ3) is 1.88. The van der Waals surface area contributed by atoms with Gasteiger partial charge >= 0.3 is 0 Å². The van der Waals surface area contributed by atoms with Crippen LogP contribution in [0.1, 0.15) is 10.5 Å². The molecule has 0 radical (unpaired) electrons. The maximum Gasteiger partial charge on any atom is 0.170 e. The first-order valence-electron chi connectivity index (χ1n) is 4.47. The van der Waals surface area contributed by atoms with Crippen molar-refractivity contribution in [3.05, 3.63) is 42.5 Å². The fourth-order valence-corrected chi connectivity index (χ4v) is 1.31. The maximum absolute atomic E-state index is 10.5. The molecule has 4 heteroatoms. The Labute approximate surface area is 87.1 Å². The number of methoxy groups -OCH3 is 1. The number of imidazole rings is 1. The van der Waals surface area contributed by atoms with Crippen molar-refractivity contribution in [3.8, 4) is 11.4 Å². The fourth-order valence-electron chi connectivity index (χ4n) is 1.31. The number of hydrogen-bond acceptors (Lipinski definition) is 3. The molecule has 4 nitrogen and oxygen atoms in total. The number of benzene rings is 1. The Bertz CT molecular complexity index is 477. The summed E-state index contributed by atoms with van der Waals surface area (Å²) in [5, 5.41) is 0. The Morgan fingerprint density at radius 3 is 3.00 bits per heavy atom. The van der Waals surface area contributed by atoms with Gasteiger partial charge in [-0.1, -0.05) is 6.07 Å². The van der Waals surface area contributed by atoms with Gasteiger partial charge in [0.15, 0.2) is 6.29 Å². The normalized spacial score (nSPS) is 9.93. The molecule has 0 fully saturated rings. The summed E-state index contributed by atoms with van der Waals surface area (Å²) >= 11 is 0. The van der Waals surface area contributed by atoms with Crippen molar-refractivity contribution in [1.29, 1.82) is 0 Å². The molecule has 1 heterocycles. The molecule has 15 heavy (non-hydrogen) atoms. The van der Waals surface area contributed by atoms with E-state index in [9.17, 15) is 4.79 Å². The molecule has 76 valence electrons. The summed E-state index contributed by atoms with van der Waals surface area (Å²) in [4.78, 5) is 14.4. The van der Waals surface area contributed by atoms with Crippen LogP contribution in [-0.4, -0.2) is 22.9 Å². The van der Waals surface area contributed by atoms with E-state index in [0.717, 1.165) is 17.7 Å². The molecule has 0 aliphatic carbocycles. The van der Waals surface area contributed by atoms with Crippen LogP contribution in [0.15, 0.2) is 36.8 Å². The maximum atomic E-state index is 10.5. The Morgan fingerprint density at radius 1 is 1.47 bits per heavy atom. The van der Waals surface area contributed by atoms with Gasteiger partial charge < -0.3 is 9.30 Å². The number of aldehydes is 1. The number of ether oxygens (including phenoxy) is 1. The van der Waals surface area contributed by atoms with Crippen molar-refractivity contribution >= 4 is 6.29 Å². The molecule has 0 unspecified atom stereocenters. The molecule has 0 spiro atoms. The molecule has 0 aliphatic heterocycles. The first-order chi connectivity index (χ1) is 7.33. The van der Waals surface area contributed by atoms with Crippen LogP contribution in [0.4, 0.5) is 0 Å². The lowest BCUT2D eigenvalue weighted by Crippen LogP contribution is -1.91. The van der Waals surface area contributed by atoms with E-state index in [-0.39, 0.29) is 0 Å². The minimum atomic E-state index is 0.415. The SMILES string of the molecule is COc1cccc(-n2cnc(C=O)c2)c1. The van der Waals surface area contributed by atoms with Gasteiger partial charge in [0.1, 0.15) is 17.8 Å². The van der Waals surface area contributed by atoms with Crippen LogP contribution in [0.2, 0.25) is 0 Å². The van der Waals surface area contributed by atoms with E-state index in [1.54, 1.807) is 24.2 Å². The summed E-state index contributed by atoms with van der Waals surface area (Å²) in [7, 11) is 1.61. The van der Waals surface area contributed by atoms with Crippen molar-refractivity contribution in [2.75, 3.05) is 7.11 Å². The summed E-state index contributed by atoms with van der Waals surface area (Å²) < 4.78 is 6.88. The predicted octanol–water partition coefficient (Wildman–Crippen LogP) is 1.69. The van der Waals surface area contributed by atoms with Crippen LogP contribution in [0.25, 0.3) is 5.69 Å². The van der Waals surface area contributed by atoms with Gasteiger partial charge in [0.2, 0.25) is 0 Å². The summed E-state index contributed by atoms with van der Waals surface area (Å²) in [6, 6.07) is 7.53. The molecule has 1 aromatic heterocycles. The van der Waals surface area contributed by atoms with Crippen LogP contribution >= 0.6 is 0 Å². The van der Waals surface area contributed by atoms with Crippen LogP contribution in [0, 0.1) is 0 Å². The Morgan fingerprint density at radius 2 is 2.33 bits per heavy atom. The lowest BCUT2D eigenvalue weighted by atomic mass is 10.3. The first-order valence-corrected chi connectivity index (χ1v) is 4.47. The predicted molar refractivity (Wildman–Crippen MR) is 55.5 cm³/mol. The number of aromatic nitrogens is 2. The zero-order valence-corrected chi connectivity index (χ0v) is 8.25. The number of carbonyl (C=O) groups is 1. The van der Waals surface area contributed by atoms with Crippen LogP contribution < -0.4 is 4.74 Å². The lowest BCUT2D eigenvalue weighted by Gasteiger charge is -2.04. The molecular formula is C11H10N2O2. The third-order valence-corrected chi connectivity index (χ3v) is 2.07. The highest BCUT2D eigenvalue weighted by atomic mass is 16.5. The molecule has 2 rings (SSSR count). The van der Waals surface area contributed by atoms with E-state index in [1.165, 1.54) is 0 Å². The van der Waals surface area contributed by atoms with Gasteiger partial charge in [0.25, 0.3) is 0 Å². The van der Waals surface area contributed by atoms with Crippen molar-refractivity contribution in [2.45, 2.75) is 0 Å². The quantitative estimate of drug-likeness (QED) is 0.711. The van der Waals surface area contributed by atoms with Crippen LogP contribution in [0.3, 0.4) is 0 Å². The topological polar surface area (TPSA) is 44.1 Å². The van der Waals surface area contributed by atoms with Crippen molar-refractivity contribution in [2.24, 2.45) is 0 Å². The summed E-state index contributed by atoms with van der Waals surface area (Å²) in [6.07, 6.45) is 3.98. The van der Waals surface area contributed by atoms with E-state index in [4.69, 9.17) is 4.74 Å². The monoisotopic (exact) mass is 202 g/mol. The minimum absolute atomic E-state index is 0.415. The highest BCUT2D eigenvalue weighted by molar-refractivity contribution is 5.71. The molecule has 2 aromatic rings. The molecule has 0 aliphatic rings. The molecular weight excluding hydrogens is 192 g/mol. The summed E-state index contributed by atoms with van der Waals surface area (Å²) in [6.45, 7) is 0. The smallest absolute Gasteiger partial charge is 0.170 e.